The minimum Gasteiger partial charge on any atom is -0.437 e. The number of pyridine rings is 1. The van der Waals surface area contributed by atoms with Crippen LogP contribution in [0.5, 0.6) is 11.6 Å². The van der Waals surface area contributed by atoms with Crippen LogP contribution >= 0.6 is 23.2 Å². The van der Waals surface area contributed by atoms with E-state index in [0.717, 1.165) is 5.56 Å². The van der Waals surface area contributed by atoms with Crippen molar-refractivity contribution in [3.8, 4) is 11.6 Å². The summed E-state index contributed by atoms with van der Waals surface area (Å²) in [5, 5.41) is 4.97. The number of rotatable bonds is 5. The minimum atomic E-state index is -0.211. The molecule has 27 heavy (non-hydrogen) atoms. The van der Waals surface area contributed by atoms with E-state index in [2.05, 4.69) is 10.1 Å². The highest BCUT2D eigenvalue weighted by molar-refractivity contribution is 6.42. The van der Waals surface area contributed by atoms with E-state index in [1.54, 1.807) is 56.5 Å². The van der Waals surface area contributed by atoms with Crippen LogP contribution in [0.2, 0.25) is 10.0 Å². The number of nitrogens with zero attached hydrogens (tertiary/aromatic N) is 4. The minimum absolute atomic E-state index is 0.211. The number of carbonyl (C=O) groups excluding carboxylic acids is 1. The van der Waals surface area contributed by atoms with E-state index in [1.807, 2.05) is 12.1 Å². The molecule has 1 aromatic carbocycles. The van der Waals surface area contributed by atoms with Gasteiger partial charge in [-0.1, -0.05) is 35.3 Å². The quantitative estimate of drug-likeness (QED) is 0.628. The van der Waals surface area contributed by atoms with Crippen molar-refractivity contribution in [3.63, 3.8) is 0 Å². The molecule has 0 saturated heterocycles. The average Bonchev–Trinajstić information content (AvgIpc) is 2.92. The highest BCUT2D eigenvalue weighted by atomic mass is 35.5. The second-order valence-corrected chi connectivity index (χ2v) is 6.85. The standard InChI is InChI=1S/C19H18Cl2N4O2/c1-12-16(18(26)24(2)11-13-6-5-9-22-10-13)19(25(3)23-12)27-15-8-4-7-14(20)17(15)21/h4-10H,11H2,1-3H3. The fourth-order valence-electron chi connectivity index (χ4n) is 2.70. The molecule has 6 nitrogen and oxygen atoms in total. The average molecular weight is 405 g/mol. The van der Waals surface area contributed by atoms with Crippen molar-refractivity contribution in [2.45, 2.75) is 13.5 Å². The molecule has 8 heteroatoms. The van der Waals surface area contributed by atoms with Crippen molar-refractivity contribution < 1.29 is 9.53 Å². The molecule has 140 valence electrons. The monoisotopic (exact) mass is 404 g/mol. The molecule has 0 saturated carbocycles. The number of aromatic nitrogens is 3. The van der Waals surface area contributed by atoms with Crippen LogP contribution in [-0.2, 0) is 13.6 Å². The van der Waals surface area contributed by atoms with Gasteiger partial charge in [0.05, 0.1) is 10.7 Å². The summed E-state index contributed by atoms with van der Waals surface area (Å²) in [7, 11) is 3.43. The van der Waals surface area contributed by atoms with Gasteiger partial charge in [-0.2, -0.15) is 5.10 Å². The molecule has 0 spiro atoms. The Morgan fingerprint density at radius 1 is 1.26 bits per heavy atom. The SMILES string of the molecule is Cc1nn(C)c(Oc2cccc(Cl)c2Cl)c1C(=O)N(C)Cc1cccnc1. The van der Waals surface area contributed by atoms with Crippen molar-refractivity contribution in [1.29, 1.82) is 0 Å². The normalized spacial score (nSPS) is 10.7. The van der Waals surface area contributed by atoms with Gasteiger partial charge in [-0.25, -0.2) is 4.68 Å². The summed E-state index contributed by atoms with van der Waals surface area (Å²) in [5.41, 5.74) is 1.86. The van der Waals surface area contributed by atoms with E-state index in [9.17, 15) is 4.79 Å². The first-order valence-corrected chi connectivity index (χ1v) is 8.94. The third kappa shape index (κ3) is 4.07. The lowest BCUT2D eigenvalue weighted by atomic mass is 10.2. The lowest BCUT2D eigenvalue weighted by molar-refractivity contribution is 0.0781. The third-order valence-corrected chi connectivity index (χ3v) is 4.80. The topological polar surface area (TPSA) is 60.3 Å². The van der Waals surface area contributed by atoms with Crippen LogP contribution in [0.3, 0.4) is 0 Å². The Balaban J connectivity index is 1.91. The number of hydrogen-bond donors (Lipinski definition) is 0. The zero-order chi connectivity index (χ0) is 19.6. The summed E-state index contributed by atoms with van der Waals surface area (Å²) in [4.78, 5) is 18.7. The van der Waals surface area contributed by atoms with Gasteiger partial charge in [0.15, 0.2) is 0 Å². The van der Waals surface area contributed by atoms with Crippen molar-refractivity contribution in [2.75, 3.05) is 7.05 Å². The second-order valence-electron chi connectivity index (χ2n) is 6.07. The van der Waals surface area contributed by atoms with Gasteiger partial charge in [-0.15, -0.1) is 0 Å². The van der Waals surface area contributed by atoms with Gasteiger partial charge in [-0.05, 0) is 30.7 Å². The van der Waals surface area contributed by atoms with Gasteiger partial charge in [0.2, 0.25) is 5.88 Å². The Bertz CT molecular complexity index is 973. The number of benzene rings is 1. The summed E-state index contributed by atoms with van der Waals surface area (Å²) < 4.78 is 7.43. The maximum Gasteiger partial charge on any atom is 0.261 e. The van der Waals surface area contributed by atoms with Crippen LogP contribution in [0, 0.1) is 6.92 Å². The molecule has 0 radical (unpaired) electrons. The molecular formula is C19H18Cl2N4O2. The summed E-state index contributed by atoms with van der Waals surface area (Å²) in [5.74, 6) is 0.452. The first-order valence-electron chi connectivity index (χ1n) is 8.18. The predicted molar refractivity (Wildman–Crippen MR) is 105 cm³/mol. The summed E-state index contributed by atoms with van der Waals surface area (Å²) in [6.45, 7) is 2.18. The number of halogens is 2. The molecule has 0 aliphatic carbocycles. The maximum absolute atomic E-state index is 13.1. The molecule has 0 fully saturated rings. The smallest absolute Gasteiger partial charge is 0.261 e. The summed E-state index contributed by atoms with van der Waals surface area (Å²) >= 11 is 12.3. The molecular weight excluding hydrogens is 387 g/mol. The first-order chi connectivity index (χ1) is 12.9. The molecule has 2 aromatic heterocycles. The summed E-state index contributed by atoms with van der Waals surface area (Å²) in [6, 6.07) is 8.82. The zero-order valence-corrected chi connectivity index (χ0v) is 16.6. The molecule has 0 N–H and O–H groups in total. The van der Waals surface area contributed by atoms with E-state index >= 15 is 0 Å². The number of aryl methyl sites for hydroxylation is 2. The van der Waals surface area contributed by atoms with Crippen LogP contribution < -0.4 is 4.74 Å². The molecule has 0 aliphatic rings. The van der Waals surface area contributed by atoms with E-state index in [0.29, 0.717) is 34.5 Å². The first kappa shape index (κ1) is 19.2. The van der Waals surface area contributed by atoms with Gasteiger partial charge >= 0.3 is 0 Å². The molecule has 2 heterocycles. The molecule has 3 rings (SSSR count). The predicted octanol–water partition coefficient (Wildman–Crippen LogP) is 4.49. The molecule has 3 aromatic rings. The third-order valence-electron chi connectivity index (χ3n) is 4.00. The van der Waals surface area contributed by atoms with Crippen LogP contribution in [0.4, 0.5) is 0 Å². The van der Waals surface area contributed by atoms with Gasteiger partial charge in [-0.3, -0.25) is 9.78 Å². The van der Waals surface area contributed by atoms with Crippen LogP contribution in [-0.4, -0.2) is 32.6 Å². The Morgan fingerprint density at radius 2 is 2.04 bits per heavy atom. The lowest BCUT2D eigenvalue weighted by Gasteiger charge is -2.18. The van der Waals surface area contributed by atoms with Gasteiger partial charge in [0.25, 0.3) is 5.91 Å². The van der Waals surface area contributed by atoms with E-state index in [-0.39, 0.29) is 10.9 Å². The largest absolute Gasteiger partial charge is 0.437 e. The highest BCUT2D eigenvalue weighted by Crippen LogP contribution is 2.36. The zero-order valence-electron chi connectivity index (χ0n) is 15.1. The van der Waals surface area contributed by atoms with Gasteiger partial charge < -0.3 is 9.64 Å². The molecule has 0 atom stereocenters. The molecule has 0 bridgehead atoms. The lowest BCUT2D eigenvalue weighted by Crippen LogP contribution is -2.27. The van der Waals surface area contributed by atoms with E-state index in [1.165, 1.54) is 4.68 Å². The fourth-order valence-corrected chi connectivity index (χ4v) is 3.03. The van der Waals surface area contributed by atoms with Gasteiger partial charge in [0, 0.05) is 33.0 Å². The molecule has 0 unspecified atom stereocenters. The van der Waals surface area contributed by atoms with Crippen molar-refractivity contribution in [1.82, 2.24) is 19.7 Å². The Hall–Kier alpha value is -2.57. The Kier molecular flexibility index (Phi) is 5.68. The van der Waals surface area contributed by atoms with Crippen molar-refractivity contribution >= 4 is 29.1 Å². The highest BCUT2D eigenvalue weighted by Gasteiger charge is 2.26. The molecule has 1 amide bonds. The van der Waals surface area contributed by atoms with Crippen LogP contribution in [0.15, 0.2) is 42.7 Å². The van der Waals surface area contributed by atoms with Crippen molar-refractivity contribution in [3.05, 3.63) is 69.6 Å². The Morgan fingerprint density at radius 3 is 2.74 bits per heavy atom. The number of ether oxygens (including phenoxy) is 1. The maximum atomic E-state index is 13.1. The van der Waals surface area contributed by atoms with E-state index < -0.39 is 0 Å². The number of amides is 1. The fraction of sp³-hybridized carbons (Fsp3) is 0.211. The molecule has 0 aliphatic heterocycles. The van der Waals surface area contributed by atoms with Gasteiger partial charge in [0.1, 0.15) is 16.3 Å². The van der Waals surface area contributed by atoms with Crippen LogP contribution in [0.1, 0.15) is 21.6 Å². The number of carbonyl (C=O) groups is 1. The summed E-state index contributed by atoms with van der Waals surface area (Å²) in [6.07, 6.45) is 3.42. The second kappa shape index (κ2) is 7.98. The number of hydrogen-bond acceptors (Lipinski definition) is 4. The van der Waals surface area contributed by atoms with Crippen molar-refractivity contribution in [2.24, 2.45) is 7.05 Å². The van der Waals surface area contributed by atoms with Crippen LogP contribution in [0.25, 0.3) is 0 Å². The Labute approximate surface area is 167 Å². The van der Waals surface area contributed by atoms with E-state index in [4.69, 9.17) is 27.9 Å².